The normalized spacial score (nSPS) is 11.7. The fourth-order valence-corrected chi connectivity index (χ4v) is 1.78. The van der Waals surface area contributed by atoms with Gasteiger partial charge >= 0.3 is 0 Å². The van der Waals surface area contributed by atoms with Gasteiger partial charge in [0.15, 0.2) is 5.84 Å². The number of amidine groups is 1. The lowest BCUT2D eigenvalue weighted by atomic mass is 10.1. The van der Waals surface area contributed by atoms with Crippen LogP contribution in [-0.4, -0.2) is 29.6 Å². The van der Waals surface area contributed by atoms with Gasteiger partial charge in [0.25, 0.3) is 5.69 Å². The van der Waals surface area contributed by atoms with Crippen molar-refractivity contribution in [3.05, 3.63) is 33.9 Å². The number of anilines is 1. The zero-order valence-corrected chi connectivity index (χ0v) is 11.9. The minimum absolute atomic E-state index is 0.0552. The Kier molecular flexibility index (Phi) is 5.31. The third-order valence-electron chi connectivity index (χ3n) is 3.03. The van der Waals surface area contributed by atoms with Crippen molar-refractivity contribution in [3.63, 3.8) is 0 Å². The molecule has 1 rings (SSSR count). The molecule has 0 aliphatic heterocycles. The summed E-state index contributed by atoms with van der Waals surface area (Å²) >= 11 is 0. The van der Waals surface area contributed by atoms with E-state index in [1.807, 2.05) is 11.9 Å². The SMILES string of the molecule is CC(C)CCN(C)c1ccc(C(N)=NO)cc1[N+](=O)[O-]. The lowest BCUT2D eigenvalue weighted by Gasteiger charge is -2.20. The van der Waals surface area contributed by atoms with Crippen molar-refractivity contribution < 1.29 is 10.1 Å². The quantitative estimate of drug-likeness (QED) is 0.273. The molecular formula is C13H20N4O3. The number of benzene rings is 1. The molecule has 0 bridgehead atoms. The zero-order valence-electron chi connectivity index (χ0n) is 11.9. The third kappa shape index (κ3) is 3.84. The summed E-state index contributed by atoms with van der Waals surface area (Å²) in [6.45, 7) is 4.93. The first-order valence-corrected chi connectivity index (χ1v) is 6.34. The zero-order chi connectivity index (χ0) is 15.3. The van der Waals surface area contributed by atoms with E-state index in [0.29, 0.717) is 17.2 Å². The number of nitrogens with zero attached hydrogens (tertiary/aromatic N) is 3. The summed E-state index contributed by atoms with van der Waals surface area (Å²) in [5.74, 6) is 0.373. The Bertz CT molecular complexity index is 514. The van der Waals surface area contributed by atoms with Crippen LogP contribution < -0.4 is 10.6 Å². The van der Waals surface area contributed by atoms with Gasteiger partial charge < -0.3 is 15.8 Å². The smallest absolute Gasteiger partial charge is 0.293 e. The molecule has 7 nitrogen and oxygen atoms in total. The average molecular weight is 280 g/mol. The lowest BCUT2D eigenvalue weighted by molar-refractivity contribution is -0.384. The van der Waals surface area contributed by atoms with Gasteiger partial charge in [0, 0.05) is 25.2 Å². The average Bonchev–Trinajstić information content (AvgIpc) is 2.43. The van der Waals surface area contributed by atoms with E-state index in [4.69, 9.17) is 10.9 Å². The van der Waals surface area contributed by atoms with E-state index in [1.165, 1.54) is 6.07 Å². The van der Waals surface area contributed by atoms with Crippen LogP contribution in [0.4, 0.5) is 11.4 Å². The molecule has 0 heterocycles. The van der Waals surface area contributed by atoms with Gasteiger partial charge in [-0.3, -0.25) is 10.1 Å². The topological polar surface area (TPSA) is 105 Å². The second-order valence-electron chi connectivity index (χ2n) is 5.05. The number of nitro benzene ring substituents is 1. The molecule has 110 valence electrons. The molecule has 1 aromatic rings. The Morgan fingerprint density at radius 1 is 1.55 bits per heavy atom. The van der Waals surface area contributed by atoms with Gasteiger partial charge in [0.05, 0.1) is 4.92 Å². The highest BCUT2D eigenvalue weighted by molar-refractivity contribution is 5.98. The van der Waals surface area contributed by atoms with E-state index in [0.717, 1.165) is 13.0 Å². The number of hydrogen-bond donors (Lipinski definition) is 2. The van der Waals surface area contributed by atoms with Crippen LogP contribution in [0.15, 0.2) is 23.4 Å². The van der Waals surface area contributed by atoms with E-state index in [9.17, 15) is 10.1 Å². The number of nitrogens with two attached hydrogens (primary N) is 1. The van der Waals surface area contributed by atoms with Crippen LogP contribution in [0, 0.1) is 16.0 Å². The molecule has 0 spiro atoms. The molecule has 0 unspecified atom stereocenters. The summed E-state index contributed by atoms with van der Waals surface area (Å²) in [6.07, 6.45) is 0.940. The molecule has 0 amide bonds. The molecule has 1 aromatic carbocycles. The predicted molar refractivity (Wildman–Crippen MR) is 78.3 cm³/mol. The first-order chi connectivity index (χ1) is 9.36. The highest BCUT2D eigenvalue weighted by Crippen LogP contribution is 2.28. The summed E-state index contributed by atoms with van der Waals surface area (Å²) in [4.78, 5) is 12.5. The van der Waals surface area contributed by atoms with Crippen LogP contribution in [0.5, 0.6) is 0 Å². The fraction of sp³-hybridized carbons (Fsp3) is 0.462. The first kappa shape index (κ1) is 15.7. The maximum atomic E-state index is 11.2. The maximum absolute atomic E-state index is 11.2. The van der Waals surface area contributed by atoms with Gasteiger partial charge in [-0.1, -0.05) is 19.0 Å². The van der Waals surface area contributed by atoms with Crippen molar-refractivity contribution in [2.24, 2.45) is 16.8 Å². The van der Waals surface area contributed by atoms with Gasteiger partial charge in [-0.05, 0) is 24.5 Å². The molecule has 7 heteroatoms. The highest BCUT2D eigenvalue weighted by Gasteiger charge is 2.19. The predicted octanol–water partition coefficient (Wildman–Crippen LogP) is 2.17. The minimum atomic E-state index is -0.463. The van der Waals surface area contributed by atoms with Gasteiger partial charge in [-0.25, -0.2) is 0 Å². The molecule has 0 aliphatic rings. The second-order valence-corrected chi connectivity index (χ2v) is 5.05. The Morgan fingerprint density at radius 3 is 2.70 bits per heavy atom. The number of rotatable bonds is 6. The molecule has 20 heavy (non-hydrogen) atoms. The highest BCUT2D eigenvalue weighted by atomic mass is 16.6. The maximum Gasteiger partial charge on any atom is 0.293 e. The Balaban J connectivity index is 3.10. The Hall–Kier alpha value is -2.31. The van der Waals surface area contributed by atoms with E-state index >= 15 is 0 Å². The van der Waals surface area contributed by atoms with Gasteiger partial charge in [0.1, 0.15) is 5.69 Å². The second kappa shape index (κ2) is 6.74. The molecule has 3 N–H and O–H groups in total. The van der Waals surface area contributed by atoms with Crippen molar-refractivity contribution in [1.82, 2.24) is 0 Å². The lowest BCUT2D eigenvalue weighted by Crippen LogP contribution is -2.21. The largest absolute Gasteiger partial charge is 0.409 e. The van der Waals surface area contributed by atoms with Crippen LogP contribution in [0.1, 0.15) is 25.8 Å². The van der Waals surface area contributed by atoms with E-state index in [2.05, 4.69) is 19.0 Å². The minimum Gasteiger partial charge on any atom is -0.409 e. The van der Waals surface area contributed by atoms with Crippen molar-refractivity contribution >= 4 is 17.2 Å². The molecule has 0 fully saturated rings. The van der Waals surface area contributed by atoms with Crippen LogP contribution in [0.2, 0.25) is 0 Å². The first-order valence-electron chi connectivity index (χ1n) is 6.34. The molecule has 0 aliphatic carbocycles. The fourth-order valence-electron chi connectivity index (χ4n) is 1.78. The van der Waals surface area contributed by atoms with Crippen LogP contribution in [0.3, 0.4) is 0 Å². The van der Waals surface area contributed by atoms with E-state index in [-0.39, 0.29) is 11.5 Å². The van der Waals surface area contributed by atoms with Crippen molar-refractivity contribution in [2.45, 2.75) is 20.3 Å². The van der Waals surface area contributed by atoms with Gasteiger partial charge in [-0.15, -0.1) is 0 Å². The van der Waals surface area contributed by atoms with Gasteiger partial charge in [-0.2, -0.15) is 0 Å². The number of nitro groups is 1. The van der Waals surface area contributed by atoms with Crippen LogP contribution in [-0.2, 0) is 0 Å². The monoisotopic (exact) mass is 280 g/mol. The Morgan fingerprint density at radius 2 is 2.20 bits per heavy atom. The van der Waals surface area contributed by atoms with Crippen LogP contribution in [0.25, 0.3) is 0 Å². The summed E-state index contributed by atoms with van der Waals surface area (Å²) in [5, 5.41) is 22.6. The number of oxime groups is 1. The summed E-state index contributed by atoms with van der Waals surface area (Å²) in [5.41, 5.74) is 6.23. The van der Waals surface area contributed by atoms with Crippen molar-refractivity contribution in [1.29, 1.82) is 0 Å². The number of hydrogen-bond acceptors (Lipinski definition) is 5. The Labute approximate surface area is 117 Å². The van der Waals surface area contributed by atoms with Gasteiger partial charge in [0.2, 0.25) is 0 Å². The summed E-state index contributed by atoms with van der Waals surface area (Å²) in [6, 6.07) is 4.53. The van der Waals surface area contributed by atoms with E-state index in [1.54, 1.807) is 12.1 Å². The summed E-state index contributed by atoms with van der Waals surface area (Å²) < 4.78 is 0. The molecule has 0 saturated heterocycles. The molecule has 0 radical (unpaired) electrons. The summed E-state index contributed by atoms with van der Waals surface area (Å²) in [7, 11) is 1.81. The van der Waals surface area contributed by atoms with Crippen molar-refractivity contribution in [3.8, 4) is 0 Å². The standard InChI is InChI=1S/C13H20N4O3/c1-9(2)6-7-16(3)11-5-4-10(13(14)15-18)8-12(11)17(19)20/h4-5,8-9,18H,6-7H2,1-3H3,(H2,14,15). The van der Waals surface area contributed by atoms with E-state index < -0.39 is 4.92 Å². The third-order valence-corrected chi connectivity index (χ3v) is 3.03. The molecular weight excluding hydrogens is 260 g/mol. The molecule has 0 atom stereocenters. The van der Waals surface area contributed by atoms with Crippen molar-refractivity contribution in [2.75, 3.05) is 18.5 Å². The molecule has 0 aromatic heterocycles. The molecule has 0 saturated carbocycles. The van der Waals surface area contributed by atoms with Crippen LogP contribution >= 0.6 is 0 Å².